The van der Waals surface area contributed by atoms with Gasteiger partial charge in [0.15, 0.2) is 0 Å². The topological polar surface area (TPSA) is 39.5 Å². The third-order valence-corrected chi connectivity index (χ3v) is 2.87. The van der Waals surface area contributed by atoms with E-state index >= 15 is 0 Å². The van der Waals surface area contributed by atoms with Gasteiger partial charge in [-0.25, -0.2) is 5.01 Å². The summed E-state index contributed by atoms with van der Waals surface area (Å²) in [6, 6.07) is 0.427. The fourth-order valence-electron chi connectivity index (χ4n) is 1.98. The summed E-state index contributed by atoms with van der Waals surface area (Å²) < 4.78 is 0. The van der Waals surface area contributed by atoms with Crippen LogP contribution in [0.5, 0.6) is 0 Å². The molecule has 1 fully saturated rings. The van der Waals surface area contributed by atoms with Crippen LogP contribution < -0.4 is 0 Å². The van der Waals surface area contributed by atoms with Gasteiger partial charge in [0, 0.05) is 12.6 Å². The molecular weight excluding hydrogens is 174 g/mol. The lowest BCUT2D eigenvalue weighted by Gasteiger charge is -2.33. The van der Waals surface area contributed by atoms with E-state index in [0.29, 0.717) is 11.9 Å². The Balaban J connectivity index is 2.59. The van der Waals surface area contributed by atoms with Crippen molar-refractivity contribution in [2.24, 2.45) is 11.0 Å². The Morgan fingerprint density at radius 3 is 2.36 bits per heavy atom. The molecule has 0 aliphatic heterocycles. The van der Waals surface area contributed by atoms with E-state index in [1.807, 2.05) is 18.9 Å². The van der Waals surface area contributed by atoms with Crippen molar-refractivity contribution in [2.45, 2.75) is 52.0 Å². The summed E-state index contributed by atoms with van der Waals surface area (Å²) in [6.07, 6.45) is 6.18. The third-order valence-electron chi connectivity index (χ3n) is 2.87. The number of hydrogen-bond donors (Lipinski definition) is 1. The van der Waals surface area contributed by atoms with Gasteiger partial charge >= 0.3 is 0 Å². The molecule has 3 heteroatoms. The van der Waals surface area contributed by atoms with E-state index in [2.05, 4.69) is 11.8 Å². The predicted octanol–water partition coefficient (Wildman–Crippen LogP) is 2.87. The lowest BCUT2D eigenvalue weighted by atomic mass is 9.94. The molecule has 0 heterocycles. The summed E-state index contributed by atoms with van der Waals surface area (Å²) in [7, 11) is 0. The standard InChI is InChI=1S/C11H21N3/c1-9(2)11(12)14(13-3)10-7-5-4-6-8-10/h9-10,12H,3-8H2,1-2H3. The van der Waals surface area contributed by atoms with Crippen LogP contribution in [0.4, 0.5) is 0 Å². The normalized spacial score (nSPS) is 18.2. The van der Waals surface area contributed by atoms with E-state index < -0.39 is 0 Å². The average molecular weight is 195 g/mol. The minimum Gasteiger partial charge on any atom is -0.287 e. The molecule has 0 spiro atoms. The maximum Gasteiger partial charge on any atom is 0.120 e. The molecule has 0 aromatic heterocycles. The van der Waals surface area contributed by atoms with Crippen LogP contribution in [-0.2, 0) is 0 Å². The first kappa shape index (κ1) is 11.2. The molecule has 0 bridgehead atoms. The summed E-state index contributed by atoms with van der Waals surface area (Å²) >= 11 is 0. The SMILES string of the molecule is C=NN(C(=N)C(C)C)C1CCCCC1. The van der Waals surface area contributed by atoms with Crippen LogP contribution in [0.2, 0.25) is 0 Å². The van der Waals surface area contributed by atoms with E-state index in [-0.39, 0.29) is 5.92 Å². The molecule has 14 heavy (non-hydrogen) atoms. The number of hydrazone groups is 1. The maximum absolute atomic E-state index is 7.93. The molecule has 0 aromatic carbocycles. The molecule has 1 saturated carbocycles. The van der Waals surface area contributed by atoms with Gasteiger partial charge in [0.05, 0.1) is 6.04 Å². The van der Waals surface area contributed by atoms with Crippen LogP contribution in [0.15, 0.2) is 5.10 Å². The highest BCUT2D eigenvalue weighted by Gasteiger charge is 2.23. The van der Waals surface area contributed by atoms with E-state index in [1.54, 1.807) is 0 Å². The van der Waals surface area contributed by atoms with Crippen LogP contribution in [0.3, 0.4) is 0 Å². The molecule has 0 unspecified atom stereocenters. The van der Waals surface area contributed by atoms with E-state index in [4.69, 9.17) is 5.41 Å². The molecule has 1 aliphatic rings. The summed E-state index contributed by atoms with van der Waals surface area (Å²) in [4.78, 5) is 0. The molecule has 1 N–H and O–H groups in total. The Labute approximate surface area is 86.7 Å². The number of rotatable bonds is 3. The number of hydrogen-bond acceptors (Lipinski definition) is 2. The van der Waals surface area contributed by atoms with Crippen LogP contribution in [0.1, 0.15) is 46.0 Å². The zero-order chi connectivity index (χ0) is 10.6. The molecule has 1 aliphatic carbocycles. The third kappa shape index (κ3) is 2.56. The van der Waals surface area contributed by atoms with Gasteiger partial charge in [-0.15, -0.1) is 0 Å². The quantitative estimate of drug-likeness (QED) is 0.420. The first-order chi connectivity index (χ1) is 6.66. The summed E-state index contributed by atoms with van der Waals surface area (Å²) in [5, 5.41) is 13.7. The summed E-state index contributed by atoms with van der Waals surface area (Å²) in [5.41, 5.74) is 0. The van der Waals surface area contributed by atoms with Crippen molar-refractivity contribution in [3.05, 3.63) is 0 Å². The monoisotopic (exact) mass is 195 g/mol. The number of nitrogens with one attached hydrogen (secondary N) is 1. The van der Waals surface area contributed by atoms with E-state index in [1.165, 1.54) is 19.3 Å². The smallest absolute Gasteiger partial charge is 0.120 e. The number of amidine groups is 1. The van der Waals surface area contributed by atoms with Crippen LogP contribution >= 0.6 is 0 Å². The van der Waals surface area contributed by atoms with Gasteiger partial charge in [-0.2, -0.15) is 5.10 Å². The Morgan fingerprint density at radius 2 is 1.93 bits per heavy atom. The van der Waals surface area contributed by atoms with Gasteiger partial charge in [-0.3, -0.25) is 5.41 Å². The van der Waals surface area contributed by atoms with Gasteiger partial charge in [-0.05, 0) is 12.8 Å². The Morgan fingerprint density at radius 1 is 1.36 bits per heavy atom. The van der Waals surface area contributed by atoms with Gasteiger partial charge in [0.1, 0.15) is 5.84 Å². The van der Waals surface area contributed by atoms with Crippen LogP contribution in [-0.4, -0.2) is 23.6 Å². The van der Waals surface area contributed by atoms with Crippen molar-refractivity contribution in [3.63, 3.8) is 0 Å². The van der Waals surface area contributed by atoms with Crippen molar-refractivity contribution in [2.75, 3.05) is 0 Å². The lowest BCUT2D eigenvalue weighted by Crippen LogP contribution is -2.39. The average Bonchev–Trinajstić information content (AvgIpc) is 2.20. The van der Waals surface area contributed by atoms with Crippen molar-refractivity contribution in [3.8, 4) is 0 Å². The fourth-order valence-corrected chi connectivity index (χ4v) is 1.98. The molecule has 0 amide bonds. The molecule has 1 rings (SSSR count). The van der Waals surface area contributed by atoms with Gasteiger partial charge < -0.3 is 0 Å². The van der Waals surface area contributed by atoms with Crippen molar-refractivity contribution < 1.29 is 0 Å². The first-order valence-corrected chi connectivity index (χ1v) is 5.51. The lowest BCUT2D eigenvalue weighted by molar-refractivity contribution is 0.243. The van der Waals surface area contributed by atoms with Crippen molar-refractivity contribution in [1.29, 1.82) is 5.41 Å². The second-order valence-corrected chi connectivity index (χ2v) is 4.32. The highest BCUT2D eigenvalue weighted by atomic mass is 15.5. The predicted molar refractivity (Wildman–Crippen MR) is 60.8 cm³/mol. The zero-order valence-corrected chi connectivity index (χ0v) is 9.29. The fraction of sp³-hybridized carbons (Fsp3) is 0.818. The molecule has 0 radical (unpaired) electrons. The molecule has 0 aromatic rings. The van der Waals surface area contributed by atoms with Gasteiger partial charge in [0.2, 0.25) is 0 Å². The minimum absolute atomic E-state index is 0.238. The summed E-state index contributed by atoms with van der Waals surface area (Å²) in [6.45, 7) is 7.64. The Kier molecular flexibility index (Phi) is 4.11. The first-order valence-electron chi connectivity index (χ1n) is 5.51. The largest absolute Gasteiger partial charge is 0.287 e. The Hall–Kier alpha value is -0.860. The van der Waals surface area contributed by atoms with Crippen molar-refractivity contribution >= 4 is 12.6 Å². The second kappa shape index (κ2) is 5.13. The molecule has 0 saturated heterocycles. The van der Waals surface area contributed by atoms with Gasteiger partial charge in [-0.1, -0.05) is 33.1 Å². The molecule has 80 valence electrons. The van der Waals surface area contributed by atoms with Crippen molar-refractivity contribution in [1.82, 2.24) is 5.01 Å². The Bertz CT molecular complexity index is 205. The van der Waals surface area contributed by atoms with E-state index in [9.17, 15) is 0 Å². The van der Waals surface area contributed by atoms with E-state index in [0.717, 1.165) is 12.8 Å². The highest BCUT2D eigenvalue weighted by Crippen LogP contribution is 2.23. The van der Waals surface area contributed by atoms with Crippen LogP contribution in [0.25, 0.3) is 0 Å². The zero-order valence-electron chi connectivity index (χ0n) is 9.29. The second-order valence-electron chi connectivity index (χ2n) is 4.32. The van der Waals surface area contributed by atoms with Crippen LogP contribution in [0, 0.1) is 11.3 Å². The molecule has 0 atom stereocenters. The maximum atomic E-state index is 7.93. The summed E-state index contributed by atoms with van der Waals surface area (Å²) in [5.74, 6) is 0.842. The molecule has 3 nitrogen and oxygen atoms in total. The molecular formula is C11H21N3. The number of nitrogens with zero attached hydrogens (tertiary/aromatic N) is 2. The minimum atomic E-state index is 0.238. The van der Waals surface area contributed by atoms with Gasteiger partial charge in [0.25, 0.3) is 0 Å². The highest BCUT2D eigenvalue weighted by molar-refractivity contribution is 5.81.